The number of nitrogens with zero attached hydrogens (tertiary/aromatic N) is 3. The van der Waals surface area contributed by atoms with Crippen LogP contribution in [0, 0.1) is 5.39 Å². The first-order valence-corrected chi connectivity index (χ1v) is 10.0. The molecule has 1 heterocycles. The van der Waals surface area contributed by atoms with Gasteiger partial charge in [-0.2, -0.15) is 0 Å². The van der Waals surface area contributed by atoms with Crippen LogP contribution in [0.1, 0.15) is 36.6 Å². The molecule has 1 N–H and O–H groups in total. The monoisotopic (exact) mass is 422 g/mol. The van der Waals surface area contributed by atoms with Crippen LogP contribution in [0.5, 0.6) is 0 Å². The summed E-state index contributed by atoms with van der Waals surface area (Å²) < 4.78 is 10.5. The third-order valence-electron chi connectivity index (χ3n) is 5.02. The van der Waals surface area contributed by atoms with Gasteiger partial charge in [-0.3, -0.25) is 9.69 Å². The molecule has 8 nitrogen and oxygen atoms in total. The Kier molecular flexibility index (Phi) is 7.35. The van der Waals surface area contributed by atoms with Crippen LogP contribution in [0.4, 0.5) is 0 Å². The fourth-order valence-electron chi connectivity index (χ4n) is 3.63. The van der Waals surface area contributed by atoms with Gasteiger partial charge in [-0.25, -0.2) is 4.79 Å². The van der Waals surface area contributed by atoms with Gasteiger partial charge in [0.25, 0.3) is 0 Å². The molecule has 0 saturated carbocycles. The molecule has 1 aliphatic rings. The molecule has 1 saturated heterocycles. The van der Waals surface area contributed by atoms with Crippen molar-refractivity contribution in [2.45, 2.75) is 25.5 Å². The van der Waals surface area contributed by atoms with E-state index in [1.54, 1.807) is 6.92 Å². The molecule has 0 unspecified atom stereocenters. The number of diazo groups is 1. The predicted molar refractivity (Wildman–Crippen MR) is 112 cm³/mol. The number of cyclic esters (lactones) is 1. The largest absolute Gasteiger partial charge is 0.505 e. The second kappa shape index (κ2) is 10.4. The number of aliphatic hydroxyl groups is 1. The summed E-state index contributed by atoms with van der Waals surface area (Å²) in [4.78, 5) is 29.0. The van der Waals surface area contributed by atoms with E-state index in [-0.39, 0.29) is 38.1 Å². The van der Waals surface area contributed by atoms with Gasteiger partial charge in [0.2, 0.25) is 5.39 Å². The molecule has 160 valence electrons. The first-order chi connectivity index (χ1) is 15.0. The number of benzene rings is 2. The van der Waals surface area contributed by atoms with Crippen LogP contribution in [0.25, 0.3) is 4.98 Å². The Labute approximate surface area is 180 Å². The minimum atomic E-state index is -0.915. The van der Waals surface area contributed by atoms with Crippen LogP contribution in [0.2, 0.25) is 0 Å². The Bertz CT molecular complexity index is 985. The van der Waals surface area contributed by atoms with E-state index in [4.69, 9.17) is 14.9 Å². The van der Waals surface area contributed by atoms with Crippen LogP contribution in [0.15, 0.2) is 72.1 Å². The zero-order valence-electron chi connectivity index (χ0n) is 17.2. The molecule has 2 aromatic carbocycles. The Morgan fingerprint density at radius 1 is 1.16 bits per heavy atom. The third kappa shape index (κ3) is 5.27. The first kappa shape index (κ1) is 22.0. The molecule has 1 fully saturated rings. The SMILES string of the molecule is CCOC(=O)/C([N+]#N)=C(\O)CCN1CC(=O)O[C@@H](c2ccccc2)[C@H]1c1ccccc1. The molecule has 0 radical (unpaired) electrons. The summed E-state index contributed by atoms with van der Waals surface area (Å²) in [6, 6.07) is 18.8. The smallest absolute Gasteiger partial charge is 0.505 e. The molecular weight excluding hydrogens is 398 g/mol. The molecule has 3 rings (SSSR count). The number of hydrogen-bond donors (Lipinski definition) is 1. The summed E-state index contributed by atoms with van der Waals surface area (Å²) in [6.45, 7) is 1.93. The van der Waals surface area contributed by atoms with E-state index in [9.17, 15) is 14.7 Å². The second-order valence-corrected chi connectivity index (χ2v) is 7.01. The summed E-state index contributed by atoms with van der Waals surface area (Å²) >= 11 is 0. The molecule has 2 atom stereocenters. The van der Waals surface area contributed by atoms with E-state index >= 15 is 0 Å². The lowest BCUT2D eigenvalue weighted by atomic mass is 9.92. The molecule has 8 heteroatoms. The van der Waals surface area contributed by atoms with E-state index < -0.39 is 23.5 Å². The molecular formula is C23H24N3O5+. The van der Waals surface area contributed by atoms with E-state index in [0.717, 1.165) is 11.1 Å². The van der Waals surface area contributed by atoms with Gasteiger partial charge in [-0.05, 0) is 18.1 Å². The highest BCUT2D eigenvalue weighted by molar-refractivity contribution is 5.90. The van der Waals surface area contributed by atoms with E-state index in [2.05, 4.69) is 4.98 Å². The highest BCUT2D eigenvalue weighted by atomic mass is 16.5. The number of carbonyl (C=O) groups is 2. The van der Waals surface area contributed by atoms with Gasteiger partial charge in [0.1, 0.15) is 6.10 Å². The Hall–Kier alpha value is -3.70. The highest BCUT2D eigenvalue weighted by Crippen LogP contribution is 2.40. The maximum absolute atomic E-state index is 12.4. The van der Waals surface area contributed by atoms with Crippen molar-refractivity contribution in [3.8, 4) is 0 Å². The average molecular weight is 422 g/mol. The highest BCUT2D eigenvalue weighted by Gasteiger charge is 2.39. The fourth-order valence-corrected chi connectivity index (χ4v) is 3.63. The number of hydrogen-bond acceptors (Lipinski definition) is 7. The van der Waals surface area contributed by atoms with Crippen molar-refractivity contribution >= 4 is 11.9 Å². The molecule has 0 aliphatic carbocycles. The van der Waals surface area contributed by atoms with Crippen LogP contribution >= 0.6 is 0 Å². The van der Waals surface area contributed by atoms with Gasteiger partial charge in [0.05, 0.1) is 19.2 Å². The fraction of sp³-hybridized carbons (Fsp3) is 0.304. The van der Waals surface area contributed by atoms with Crippen molar-refractivity contribution in [2.75, 3.05) is 19.7 Å². The predicted octanol–water partition coefficient (Wildman–Crippen LogP) is 3.90. The number of rotatable bonds is 7. The lowest BCUT2D eigenvalue weighted by molar-refractivity contribution is -0.166. The number of aliphatic hydroxyl groups excluding tert-OH is 1. The lowest BCUT2D eigenvalue weighted by Crippen LogP contribution is -2.44. The zero-order valence-corrected chi connectivity index (χ0v) is 17.2. The van der Waals surface area contributed by atoms with Crippen LogP contribution in [0.3, 0.4) is 0 Å². The summed E-state index contributed by atoms with van der Waals surface area (Å²) in [7, 11) is 0. The molecule has 0 aromatic heterocycles. The number of carbonyl (C=O) groups excluding carboxylic acids is 2. The van der Waals surface area contributed by atoms with E-state index in [0.29, 0.717) is 0 Å². The van der Waals surface area contributed by atoms with E-state index in [1.807, 2.05) is 65.6 Å². The number of morpholine rings is 1. The van der Waals surface area contributed by atoms with Gasteiger partial charge >= 0.3 is 17.6 Å². The average Bonchev–Trinajstić information content (AvgIpc) is 2.79. The normalized spacial score (nSPS) is 19.7. The van der Waals surface area contributed by atoms with Crippen molar-refractivity contribution in [1.82, 2.24) is 4.90 Å². The Morgan fingerprint density at radius 2 is 1.77 bits per heavy atom. The van der Waals surface area contributed by atoms with Crippen LogP contribution in [-0.2, 0) is 19.1 Å². The first-order valence-electron chi connectivity index (χ1n) is 10.0. The minimum Gasteiger partial charge on any atom is -0.505 e. The summed E-state index contributed by atoms with van der Waals surface area (Å²) in [6.07, 6.45) is -0.556. The molecule has 0 bridgehead atoms. The van der Waals surface area contributed by atoms with Crippen LogP contribution in [-0.4, -0.2) is 41.6 Å². The Morgan fingerprint density at radius 3 is 2.35 bits per heavy atom. The standard InChI is InChI=1S/C23H23N3O5/c1-2-30-23(29)20(25-24)18(27)13-14-26-15-19(28)31-22(17-11-7-4-8-12-17)21(26)16-9-5-3-6-10-16/h3-12,21-22H,2,13-15H2,1H3/p+1/t21-,22+/m1/s1. The maximum Gasteiger partial charge on any atom is 0.505 e. The van der Waals surface area contributed by atoms with Gasteiger partial charge in [-0.1, -0.05) is 60.7 Å². The quantitative estimate of drug-likeness (QED) is 0.312. The van der Waals surface area contributed by atoms with Gasteiger partial charge in [0, 0.05) is 13.0 Å². The molecule has 0 spiro atoms. The van der Waals surface area contributed by atoms with Gasteiger partial charge < -0.3 is 14.6 Å². The van der Waals surface area contributed by atoms with Crippen molar-refractivity contribution in [3.05, 3.63) is 88.2 Å². The minimum absolute atomic E-state index is 0.0151. The van der Waals surface area contributed by atoms with Gasteiger partial charge in [-0.15, -0.1) is 0 Å². The van der Waals surface area contributed by atoms with Crippen molar-refractivity contribution in [3.63, 3.8) is 0 Å². The molecule has 1 aliphatic heterocycles. The second-order valence-electron chi connectivity index (χ2n) is 7.01. The molecule has 2 aromatic rings. The maximum atomic E-state index is 12.4. The van der Waals surface area contributed by atoms with Crippen molar-refractivity contribution < 1.29 is 24.2 Å². The summed E-state index contributed by atoms with van der Waals surface area (Å²) in [5, 5.41) is 19.4. The van der Waals surface area contributed by atoms with E-state index in [1.165, 1.54) is 0 Å². The number of esters is 2. The molecule has 0 amide bonds. The Balaban J connectivity index is 1.90. The number of ether oxygens (including phenoxy) is 2. The summed E-state index contributed by atoms with van der Waals surface area (Å²) in [5.41, 5.74) is 1.26. The summed E-state index contributed by atoms with van der Waals surface area (Å²) in [5.74, 6) is -1.72. The third-order valence-corrected chi connectivity index (χ3v) is 5.02. The van der Waals surface area contributed by atoms with Crippen LogP contribution < -0.4 is 0 Å². The molecule has 31 heavy (non-hydrogen) atoms. The zero-order chi connectivity index (χ0) is 22.2. The van der Waals surface area contributed by atoms with Gasteiger partial charge in [0.15, 0.2) is 10.7 Å². The van der Waals surface area contributed by atoms with Crippen molar-refractivity contribution in [2.24, 2.45) is 0 Å². The topological polar surface area (TPSA) is 104 Å². The van der Waals surface area contributed by atoms with Crippen molar-refractivity contribution in [1.29, 1.82) is 5.39 Å². The lowest BCUT2D eigenvalue weighted by Gasteiger charge is -2.40.